The van der Waals surface area contributed by atoms with Crippen LogP contribution in [0.15, 0.2) is 51.0 Å². The number of sulfonamides is 1. The molecule has 1 aliphatic heterocycles. The molecule has 1 aromatic carbocycles. The molecule has 0 bridgehead atoms. The maximum absolute atomic E-state index is 12.6. The molecule has 8 heteroatoms. The highest BCUT2D eigenvalue weighted by molar-refractivity contribution is 7.90. The number of nitrogens with zero attached hydrogens (tertiary/aromatic N) is 1. The lowest BCUT2D eigenvalue weighted by atomic mass is 10.2. The van der Waals surface area contributed by atoms with Crippen LogP contribution in [0.3, 0.4) is 0 Å². The predicted octanol–water partition coefficient (Wildman–Crippen LogP) is 3.57. The summed E-state index contributed by atoms with van der Waals surface area (Å²) in [5.74, 6) is 0.370. The summed E-state index contributed by atoms with van der Waals surface area (Å²) in [4.78, 5) is 16.6. The van der Waals surface area contributed by atoms with Gasteiger partial charge in [0.2, 0.25) is 5.91 Å². The van der Waals surface area contributed by atoms with Crippen molar-refractivity contribution in [2.75, 3.05) is 11.9 Å². The number of benzene rings is 1. The van der Waals surface area contributed by atoms with E-state index < -0.39 is 10.0 Å². The summed E-state index contributed by atoms with van der Waals surface area (Å²) in [6, 6.07) is 8.29. The van der Waals surface area contributed by atoms with Gasteiger partial charge in [-0.15, -0.1) is 0 Å². The van der Waals surface area contributed by atoms with Gasteiger partial charge in [-0.05, 0) is 59.9 Å². The monoisotopic (exact) mass is 405 g/mol. The fourth-order valence-electron chi connectivity index (χ4n) is 2.83. The van der Waals surface area contributed by atoms with Crippen LogP contribution in [0.2, 0.25) is 0 Å². The summed E-state index contributed by atoms with van der Waals surface area (Å²) >= 11 is 1.60. The van der Waals surface area contributed by atoms with Gasteiger partial charge in [0.05, 0.1) is 4.90 Å². The van der Waals surface area contributed by atoms with E-state index in [9.17, 15) is 13.2 Å². The Morgan fingerprint density at radius 1 is 1.19 bits per heavy atom. The van der Waals surface area contributed by atoms with Crippen LogP contribution >= 0.6 is 11.3 Å². The first-order chi connectivity index (χ1) is 13.0. The molecule has 0 unspecified atom stereocenters. The van der Waals surface area contributed by atoms with Gasteiger partial charge >= 0.3 is 0 Å². The molecule has 0 spiro atoms. The number of hydrogen-bond donors (Lipinski definition) is 2. The molecule has 27 heavy (non-hydrogen) atoms. The second-order valence-corrected chi connectivity index (χ2v) is 8.91. The van der Waals surface area contributed by atoms with Gasteiger partial charge in [0.15, 0.2) is 0 Å². The van der Waals surface area contributed by atoms with Gasteiger partial charge in [0.1, 0.15) is 5.84 Å². The van der Waals surface area contributed by atoms with E-state index in [0.29, 0.717) is 37.3 Å². The number of hydrogen-bond acceptors (Lipinski definition) is 5. The van der Waals surface area contributed by atoms with Crippen molar-refractivity contribution in [3.05, 3.63) is 46.7 Å². The smallest absolute Gasteiger partial charge is 0.262 e. The SMILES string of the molecule is O=C(CCc1ccsc1)Nc1cccc(S(=O)(=O)NC2=NCCCCC2)c1. The summed E-state index contributed by atoms with van der Waals surface area (Å²) in [7, 11) is -3.71. The molecule has 0 radical (unpaired) electrons. The number of rotatable bonds is 6. The topological polar surface area (TPSA) is 87.6 Å². The molecule has 1 aromatic heterocycles. The molecule has 1 aliphatic rings. The minimum absolute atomic E-state index is 0.116. The van der Waals surface area contributed by atoms with Gasteiger partial charge in [0.25, 0.3) is 10.0 Å². The van der Waals surface area contributed by atoms with Gasteiger partial charge in [-0.1, -0.05) is 12.5 Å². The van der Waals surface area contributed by atoms with Crippen LogP contribution in [0.5, 0.6) is 0 Å². The standard InChI is InChI=1S/C19H23N3O3S2/c23-19(9-8-15-10-12-26-14-15)21-16-5-4-6-17(13-16)27(24,25)22-18-7-2-1-3-11-20-18/h4-6,10,12-14H,1-3,7-9,11H2,(H,20,22)(H,21,23). The van der Waals surface area contributed by atoms with Crippen LogP contribution in [-0.4, -0.2) is 26.7 Å². The Morgan fingerprint density at radius 2 is 2.07 bits per heavy atom. The highest BCUT2D eigenvalue weighted by Crippen LogP contribution is 2.17. The summed E-state index contributed by atoms with van der Waals surface area (Å²) in [5.41, 5.74) is 1.59. The highest BCUT2D eigenvalue weighted by Gasteiger charge is 2.18. The molecule has 0 saturated heterocycles. The van der Waals surface area contributed by atoms with Gasteiger partial charge in [-0.3, -0.25) is 14.5 Å². The number of aliphatic imine (C=N–C) groups is 1. The van der Waals surface area contributed by atoms with Crippen LogP contribution < -0.4 is 10.0 Å². The molecule has 3 rings (SSSR count). The fourth-order valence-corrected chi connectivity index (χ4v) is 4.67. The number of amides is 1. The van der Waals surface area contributed by atoms with E-state index in [0.717, 1.165) is 24.8 Å². The molecule has 1 amide bonds. The van der Waals surface area contributed by atoms with Crippen molar-refractivity contribution in [1.29, 1.82) is 0 Å². The lowest BCUT2D eigenvalue weighted by molar-refractivity contribution is -0.116. The summed E-state index contributed by atoms with van der Waals surface area (Å²) in [6.07, 6.45) is 4.62. The summed E-state index contributed by atoms with van der Waals surface area (Å²) in [5, 5.41) is 6.77. The third-order valence-corrected chi connectivity index (χ3v) is 6.39. The number of carbonyl (C=O) groups is 1. The zero-order valence-electron chi connectivity index (χ0n) is 15.0. The lowest BCUT2D eigenvalue weighted by Crippen LogP contribution is -2.30. The number of amidine groups is 1. The van der Waals surface area contributed by atoms with Crippen molar-refractivity contribution in [3.63, 3.8) is 0 Å². The molecule has 2 heterocycles. The van der Waals surface area contributed by atoms with Crippen LogP contribution in [0.1, 0.15) is 37.7 Å². The maximum atomic E-state index is 12.6. The normalized spacial score (nSPS) is 14.9. The quantitative estimate of drug-likeness (QED) is 0.770. The largest absolute Gasteiger partial charge is 0.326 e. The Kier molecular flexibility index (Phi) is 6.63. The third kappa shape index (κ3) is 5.90. The van der Waals surface area contributed by atoms with E-state index >= 15 is 0 Å². The summed E-state index contributed by atoms with van der Waals surface area (Å²) < 4.78 is 27.8. The molecule has 6 nitrogen and oxygen atoms in total. The van der Waals surface area contributed by atoms with Crippen LogP contribution in [0, 0.1) is 0 Å². The Hall–Kier alpha value is -2.19. The predicted molar refractivity (Wildman–Crippen MR) is 109 cm³/mol. The van der Waals surface area contributed by atoms with E-state index in [1.54, 1.807) is 23.5 Å². The Balaban J connectivity index is 1.63. The molecule has 0 aliphatic carbocycles. The van der Waals surface area contributed by atoms with Gasteiger partial charge in [-0.2, -0.15) is 11.3 Å². The Bertz CT molecular complexity index is 906. The van der Waals surface area contributed by atoms with Gasteiger partial charge in [0, 0.05) is 25.1 Å². The van der Waals surface area contributed by atoms with Crippen molar-refractivity contribution in [2.45, 2.75) is 43.4 Å². The fraction of sp³-hybridized carbons (Fsp3) is 0.368. The number of carbonyl (C=O) groups excluding carboxylic acids is 1. The number of thiophene rings is 1. The van der Waals surface area contributed by atoms with Crippen molar-refractivity contribution in [2.24, 2.45) is 4.99 Å². The first-order valence-corrected chi connectivity index (χ1v) is 11.4. The molecule has 0 atom stereocenters. The highest BCUT2D eigenvalue weighted by atomic mass is 32.2. The maximum Gasteiger partial charge on any atom is 0.262 e. The van der Waals surface area contributed by atoms with Gasteiger partial charge < -0.3 is 5.32 Å². The average molecular weight is 406 g/mol. The Morgan fingerprint density at radius 3 is 2.89 bits per heavy atom. The average Bonchev–Trinajstić information content (AvgIpc) is 3.04. The zero-order chi connectivity index (χ0) is 19.1. The minimum Gasteiger partial charge on any atom is -0.326 e. The molecular weight excluding hydrogens is 382 g/mol. The minimum atomic E-state index is -3.71. The first kappa shape index (κ1) is 19.6. The molecule has 2 aromatic rings. The van der Waals surface area contributed by atoms with Crippen molar-refractivity contribution >= 4 is 38.8 Å². The van der Waals surface area contributed by atoms with E-state index in [1.807, 2.05) is 16.8 Å². The van der Waals surface area contributed by atoms with E-state index in [2.05, 4.69) is 15.0 Å². The first-order valence-electron chi connectivity index (χ1n) is 9.00. The Labute approximate surface area is 163 Å². The van der Waals surface area contributed by atoms with Crippen molar-refractivity contribution in [1.82, 2.24) is 4.72 Å². The molecule has 0 saturated carbocycles. The second-order valence-electron chi connectivity index (χ2n) is 6.45. The molecular formula is C19H23N3O3S2. The zero-order valence-corrected chi connectivity index (χ0v) is 16.6. The van der Waals surface area contributed by atoms with E-state index in [1.165, 1.54) is 12.1 Å². The van der Waals surface area contributed by atoms with E-state index in [-0.39, 0.29) is 10.8 Å². The molecule has 0 fully saturated rings. The van der Waals surface area contributed by atoms with Crippen LogP contribution in [0.4, 0.5) is 5.69 Å². The van der Waals surface area contributed by atoms with Crippen molar-refractivity contribution < 1.29 is 13.2 Å². The van der Waals surface area contributed by atoms with Crippen molar-refractivity contribution in [3.8, 4) is 0 Å². The lowest BCUT2D eigenvalue weighted by Gasteiger charge is -2.11. The number of aryl methyl sites for hydroxylation is 1. The number of nitrogens with one attached hydrogen (secondary N) is 2. The molecule has 144 valence electrons. The van der Waals surface area contributed by atoms with E-state index in [4.69, 9.17) is 0 Å². The molecule has 2 N–H and O–H groups in total. The van der Waals surface area contributed by atoms with Gasteiger partial charge in [-0.25, -0.2) is 8.42 Å². The van der Waals surface area contributed by atoms with Crippen LogP contribution in [-0.2, 0) is 21.2 Å². The van der Waals surface area contributed by atoms with Crippen LogP contribution in [0.25, 0.3) is 0 Å². The number of anilines is 1. The third-order valence-electron chi connectivity index (χ3n) is 4.28. The second kappa shape index (κ2) is 9.14. The summed E-state index contributed by atoms with van der Waals surface area (Å²) in [6.45, 7) is 0.651.